The van der Waals surface area contributed by atoms with Crippen LogP contribution in [0, 0.1) is 35.5 Å². The van der Waals surface area contributed by atoms with Crippen LogP contribution in [0.3, 0.4) is 0 Å². The zero-order chi connectivity index (χ0) is 28.1. The minimum Gasteiger partial charge on any atom is -0.459 e. The zero-order valence-corrected chi connectivity index (χ0v) is 24.0. The van der Waals surface area contributed by atoms with E-state index < -0.39 is 59.8 Å². The smallest absolute Gasteiger partial charge is 0.339 e. The van der Waals surface area contributed by atoms with Gasteiger partial charge in [-0.25, -0.2) is 4.79 Å². The Hall–Kier alpha value is -2.04. The van der Waals surface area contributed by atoms with E-state index in [0.717, 1.165) is 5.57 Å². The van der Waals surface area contributed by atoms with Gasteiger partial charge in [0.1, 0.15) is 23.9 Å². The van der Waals surface area contributed by atoms with Gasteiger partial charge < -0.3 is 29.2 Å². The molecule has 2 aliphatic heterocycles. The van der Waals surface area contributed by atoms with Crippen LogP contribution in [0.15, 0.2) is 40.6 Å². The lowest BCUT2D eigenvalue weighted by molar-refractivity contribution is -0.168. The Morgan fingerprint density at radius 1 is 1.28 bits per heavy atom. The standard InChI is InChI=1S/C30H40O8S/c1-6-18-21-9-8-19-23-24(32)20(13-35-5)26(37-28(33)17-10-11-39-14-17)27(19)38-30(21,23)16(4)12-15(3)25(22(31)7-2)36-29(18)34/h8-12,14-15,18-27,31-32H,6-7,13H2,1-5H3/b16-12+/t15-,18-,19-,20-,21-,22-,23+,24-,25+,26-,27-,30+/m1/s1. The quantitative estimate of drug-likeness (QED) is 0.383. The molecule has 4 bridgehead atoms. The van der Waals surface area contributed by atoms with Crippen LogP contribution in [0.2, 0.25) is 0 Å². The third-order valence-corrected chi connectivity index (χ3v) is 10.1. The Morgan fingerprint density at radius 3 is 2.69 bits per heavy atom. The van der Waals surface area contributed by atoms with Crippen LogP contribution in [0.5, 0.6) is 0 Å². The zero-order valence-electron chi connectivity index (χ0n) is 23.2. The summed E-state index contributed by atoms with van der Waals surface area (Å²) in [5, 5.41) is 26.3. The van der Waals surface area contributed by atoms with E-state index in [1.165, 1.54) is 11.3 Å². The molecule has 0 unspecified atom stereocenters. The van der Waals surface area contributed by atoms with Crippen LogP contribution in [-0.2, 0) is 23.7 Å². The molecular weight excluding hydrogens is 520 g/mol. The number of methoxy groups -OCH3 is 1. The van der Waals surface area contributed by atoms with Gasteiger partial charge >= 0.3 is 11.9 Å². The van der Waals surface area contributed by atoms with Gasteiger partial charge in [0.05, 0.1) is 30.3 Å². The maximum atomic E-state index is 13.6. The highest BCUT2D eigenvalue weighted by Gasteiger charge is 2.70. The van der Waals surface area contributed by atoms with Crippen molar-refractivity contribution < 1.29 is 38.7 Å². The van der Waals surface area contributed by atoms with Gasteiger partial charge in [0.2, 0.25) is 0 Å². The molecule has 4 aliphatic rings. The maximum absolute atomic E-state index is 13.6. The summed E-state index contributed by atoms with van der Waals surface area (Å²) in [6.45, 7) is 7.93. The average molecular weight is 561 g/mol. The second-order valence-electron chi connectivity index (χ2n) is 11.5. The molecule has 2 fully saturated rings. The number of carbonyl (C=O) groups excluding carboxylic acids is 2. The first-order valence-corrected chi connectivity index (χ1v) is 15.0. The number of esters is 2. The van der Waals surface area contributed by atoms with Crippen LogP contribution in [-0.4, -0.2) is 72.0 Å². The molecule has 1 aromatic rings. The maximum Gasteiger partial charge on any atom is 0.339 e. The van der Waals surface area contributed by atoms with Crippen LogP contribution in [0.25, 0.3) is 0 Å². The Bertz CT molecular complexity index is 1110. The van der Waals surface area contributed by atoms with Crippen LogP contribution < -0.4 is 0 Å². The summed E-state index contributed by atoms with van der Waals surface area (Å²) in [5.41, 5.74) is 0.355. The fourth-order valence-corrected chi connectivity index (χ4v) is 8.23. The molecule has 9 heteroatoms. The van der Waals surface area contributed by atoms with Gasteiger partial charge in [0.15, 0.2) is 0 Å². The first kappa shape index (κ1) is 28.5. The third kappa shape index (κ3) is 4.50. The van der Waals surface area contributed by atoms with Gasteiger partial charge in [-0.15, -0.1) is 0 Å². The van der Waals surface area contributed by atoms with E-state index >= 15 is 0 Å². The molecular formula is C30H40O8S. The van der Waals surface area contributed by atoms with Gasteiger partial charge in [0.25, 0.3) is 0 Å². The molecule has 2 aliphatic carbocycles. The number of cyclic esters (lactones) is 1. The molecule has 1 saturated heterocycles. The second-order valence-corrected chi connectivity index (χ2v) is 12.3. The number of ether oxygens (including phenoxy) is 4. The summed E-state index contributed by atoms with van der Waals surface area (Å²) < 4.78 is 24.6. The molecule has 0 radical (unpaired) electrons. The molecule has 1 spiro atoms. The van der Waals surface area contributed by atoms with Crippen molar-refractivity contribution in [2.75, 3.05) is 13.7 Å². The molecule has 0 amide bonds. The molecule has 39 heavy (non-hydrogen) atoms. The van der Waals surface area contributed by atoms with E-state index in [4.69, 9.17) is 18.9 Å². The number of hydrogen-bond donors (Lipinski definition) is 2. The van der Waals surface area contributed by atoms with E-state index in [2.05, 4.69) is 0 Å². The Morgan fingerprint density at radius 2 is 2.05 bits per heavy atom. The summed E-state index contributed by atoms with van der Waals surface area (Å²) >= 11 is 1.41. The van der Waals surface area contributed by atoms with Crippen molar-refractivity contribution in [3.8, 4) is 0 Å². The lowest BCUT2D eigenvalue weighted by atomic mass is 9.56. The van der Waals surface area contributed by atoms with Crippen molar-refractivity contribution in [3.63, 3.8) is 0 Å². The van der Waals surface area contributed by atoms with Crippen LogP contribution in [0.4, 0.5) is 0 Å². The van der Waals surface area contributed by atoms with E-state index in [9.17, 15) is 19.8 Å². The lowest BCUT2D eigenvalue weighted by Crippen LogP contribution is -2.59. The Kier molecular flexibility index (Phi) is 8.10. The van der Waals surface area contributed by atoms with Crippen molar-refractivity contribution in [2.45, 2.75) is 76.7 Å². The molecule has 12 atom stereocenters. The highest BCUT2D eigenvalue weighted by molar-refractivity contribution is 7.08. The molecule has 1 aromatic heterocycles. The minimum atomic E-state index is -1.00. The van der Waals surface area contributed by atoms with Gasteiger partial charge in [0, 0.05) is 42.1 Å². The van der Waals surface area contributed by atoms with E-state index in [-0.39, 0.29) is 30.3 Å². The predicted octanol–water partition coefficient (Wildman–Crippen LogP) is 3.77. The highest BCUT2D eigenvalue weighted by atomic mass is 32.1. The van der Waals surface area contributed by atoms with Crippen LogP contribution in [0.1, 0.15) is 50.9 Å². The molecule has 8 nitrogen and oxygen atoms in total. The number of thiophene rings is 1. The van der Waals surface area contributed by atoms with Crippen LogP contribution >= 0.6 is 11.3 Å². The number of carbonyl (C=O) groups is 2. The van der Waals surface area contributed by atoms with Gasteiger partial charge in [-0.1, -0.05) is 39.0 Å². The van der Waals surface area contributed by atoms with Crippen molar-refractivity contribution in [1.82, 2.24) is 0 Å². The third-order valence-electron chi connectivity index (χ3n) is 9.44. The van der Waals surface area contributed by atoms with Gasteiger partial charge in [-0.3, -0.25) is 4.79 Å². The Balaban J connectivity index is 1.62. The normalized spacial score (nSPS) is 43.3. The van der Waals surface area contributed by atoms with Gasteiger partial charge in [-0.2, -0.15) is 11.3 Å². The molecule has 214 valence electrons. The van der Waals surface area contributed by atoms with E-state index in [1.54, 1.807) is 18.6 Å². The molecule has 1 saturated carbocycles. The number of hydrogen-bond acceptors (Lipinski definition) is 9. The number of aliphatic hydroxyl groups is 2. The molecule has 0 aromatic carbocycles. The largest absolute Gasteiger partial charge is 0.459 e. The van der Waals surface area contributed by atoms with Crippen molar-refractivity contribution in [2.24, 2.45) is 35.5 Å². The SMILES string of the molecule is CC[C@@H](O)[C@H]1OC(=O)[C@H](CC)[C@H]2C=C[C@H]3[C@H]4O[C@]2(/C(C)=C/[C@H]1C)[C@@H]3[C@H](O)[C@@H](COC)[C@H]4OC(=O)c1ccsc1. The summed E-state index contributed by atoms with van der Waals surface area (Å²) in [7, 11) is 1.57. The highest BCUT2D eigenvalue weighted by Crippen LogP contribution is 2.62. The monoisotopic (exact) mass is 560 g/mol. The number of aliphatic hydroxyl groups excluding tert-OH is 2. The fourth-order valence-electron chi connectivity index (χ4n) is 7.61. The fraction of sp³-hybridized carbons (Fsp3) is 0.667. The number of rotatable bonds is 7. The summed E-state index contributed by atoms with van der Waals surface area (Å²) in [5.74, 6) is -3.13. The van der Waals surface area contributed by atoms with Crippen molar-refractivity contribution in [3.05, 3.63) is 46.2 Å². The van der Waals surface area contributed by atoms with Gasteiger partial charge in [-0.05, 0) is 36.8 Å². The molecule has 3 heterocycles. The summed E-state index contributed by atoms with van der Waals surface area (Å²) in [6.07, 6.45) is 3.41. The minimum absolute atomic E-state index is 0.194. The molecule has 2 N–H and O–H groups in total. The lowest BCUT2D eigenvalue weighted by Gasteiger charge is -2.49. The summed E-state index contributed by atoms with van der Waals surface area (Å²) in [4.78, 5) is 26.7. The Labute approximate surface area is 234 Å². The topological polar surface area (TPSA) is 112 Å². The average Bonchev–Trinajstić information content (AvgIpc) is 3.52. The molecule has 5 rings (SSSR count). The van der Waals surface area contributed by atoms with E-state index in [0.29, 0.717) is 18.4 Å². The predicted molar refractivity (Wildman–Crippen MR) is 145 cm³/mol. The second kappa shape index (κ2) is 11.1. The summed E-state index contributed by atoms with van der Waals surface area (Å²) in [6, 6.07) is 1.72. The van der Waals surface area contributed by atoms with Crippen molar-refractivity contribution in [1.29, 1.82) is 0 Å². The van der Waals surface area contributed by atoms with Crippen molar-refractivity contribution >= 4 is 23.3 Å². The first-order valence-electron chi connectivity index (χ1n) is 14.0. The first-order chi connectivity index (χ1) is 18.7. The van der Waals surface area contributed by atoms with E-state index in [1.807, 2.05) is 51.3 Å².